The number of amides is 1. The third kappa shape index (κ3) is 4.82. The maximum atomic E-state index is 13.1. The molecule has 0 aliphatic heterocycles. The minimum absolute atomic E-state index is 0.0801. The van der Waals surface area contributed by atoms with Gasteiger partial charge in [-0.15, -0.1) is 0 Å². The SMILES string of the molecule is C[C@@H](NC(=O)c1ccc(=O)n(-c2cccc(-c3ncco3)c2)n1)c1cc(N)cc(C(F)(F)F)c1. The van der Waals surface area contributed by atoms with Crippen molar-refractivity contribution in [2.45, 2.75) is 19.1 Å². The molecule has 8 nitrogen and oxygen atoms in total. The van der Waals surface area contributed by atoms with Gasteiger partial charge < -0.3 is 15.5 Å². The Hall–Kier alpha value is -4.41. The molecule has 2 heterocycles. The standard InChI is InChI=1S/C23H18F3N5O3/c1-13(15-9-16(23(24,25)26)12-17(27)10-15)29-21(33)19-5-6-20(32)31(30-19)18-4-2-3-14(11-18)22-28-7-8-34-22/h2-13H,27H2,1H3,(H,29,33)/t13-/m1/s1. The molecule has 0 saturated heterocycles. The summed E-state index contributed by atoms with van der Waals surface area (Å²) in [6, 6.07) is 11.3. The number of anilines is 1. The van der Waals surface area contributed by atoms with E-state index in [2.05, 4.69) is 15.4 Å². The van der Waals surface area contributed by atoms with E-state index < -0.39 is 29.2 Å². The van der Waals surface area contributed by atoms with Crippen LogP contribution in [0.1, 0.15) is 34.6 Å². The number of benzene rings is 2. The van der Waals surface area contributed by atoms with Crippen molar-refractivity contribution in [2.24, 2.45) is 0 Å². The summed E-state index contributed by atoms with van der Waals surface area (Å²) in [5, 5.41) is 6.71. The molecule has 1 atom stereocenters. The lowest BCUT2D eigenvalue weighted by molar-refractivity contribution is -0.137. The van der Waals surface area contributed by atoms with Crippen LogP contribution < -0.4 is 16.6 Å². The van der Waals surface area contributed by atoms with Crippen LogP contribution in [-0.4, -0.2) is 20.7 Å². The second-order valence-corrected chi connectivity index (χ2v) is 7.44. The molecular formula is C23H18F3N5O3. The molecule has 1 amide bonds. The second kappa shape index (κ2) is 8.85. The van der Waals surface area contributed by atoms with Gasteiger partial charge in [0.1, 0.15) is 12.0 Å². The van der Waals surface area contributed by atoms with Gasteiger partial charge in [-0.2, -0.15) is 23.0 Å². The van der Waals surface area contributed by atoms with E-state index in [1.165, 1.54) is 37.6 Å². The normalized spacial score (nSPS) is 12.4. The summed E-state index contributed by atoms with van der Waals surface area (Å²) in [6.45, 7) is 1.52. The molecule has 0 radical (unpaired) electrons. The molecule has 11 heteroatoms. The lowest BCUT2D eigenvalue weighted by Crippen LogP contribution is -2.30. The highest BCUT2D eigenvalue weighted by Crippen LogP contribution is 2.32. The van der Waals surface area contributed by atoms with E-state index in [1.54, 1.807) is 24.3 Å². The third-order valence-corrected chi connectivity index (χ3v) is 4.96. The van der Waals surface area contributed by atoms with E-state index in [9.17, 15) is 22.8 Å². The van der Waals surface area contributed by atoms with Crippen LogP contribution >= 0.6 is 0 Å². The van der Waals surface area contributed by atoms with Crippen molar-refractivity contribution in [1.82, 2.24) is 20.1 Å². The van der Waals surface area contributed by atoms with E-state index in [0.29, 0.717) is 17.1 Å². The van der Waals surface area contributed by atoms with Gasteiger partial charge in [-0.3, -0.25) is 9.59 Å². The number of halogens is 3. The van der Waals surface area contributed by atoms with E-state index in [-0.39, 0.29) is 16.9 Å². The molecule has 4 aromatic rings. The highest BCUT2D eigenvalue weighted by molar-refractivity contribution is 5.92. The second-order valence-electron chi connectivity index (χ2n) is 7.44. The summed E-state index contributed by atoms with van der Waals surface area (Å²) in [7, 11) is 0. The fraction of sp³-hybridized carbons (Fsp3) is 0.130. The van der Waals surface area contributed by atoms with Crippen molar-refractivity contribution in [1.29, 1.82) is 0 Å². The number of aromatic nitrogens is 3. The van der Waals surface area contributed by atoms with Crippen LogP contribution in [0.3, 0.4) is 0 Å². The van der Waals surface area contributed by atoms with Gasteiger partial charge in [0, 0.05) is 17.3 Å². The fourth-order valence-corrected chi connectivity index (χ4v) is 3.30. The summed E-state index contributed by atoms with van der Waals surface area (Å²) in [5.41, 5.74) is 5.17. The van der Waals surface area contributed by atoms with Crippen LogP contribution in [0.25, 0.3) is 17.1 Å². The first-order chi connectivity index (χ1) is 16.1. The van der Waals surface area contributed by atoms with E-state index in [1.807, 2.05) is 0 Å². The highest BCUT2D eigenvalue weighted by Gasteiger charge is 2.31. The molecule has 3 N–H and O–H groups in total. The van der Waals surface area contributed by atoms with E-state index in [4.69, 9.17) is 10.2 Å². The highest BCUT2D eigenvalue weighted by atomic mass is 19.4. The molecule has 2 aromatic heterocycles. The van der Waals surface area contributed by atoms with E-state index >= 15 is 0 Å². The maximum absolute atomic E-state index is 13.1. The van der Waals surface area contributed by atoms with Crippen LogP contribution in [-0.2, 0) is 6.18 Å². The van der Waals surface area contributed by atoms with Gasteiger partial charge in [0.15, 0.2) is 0 Å². The molecule has 0 aliphatic carbocycles. The number of nitrogens with one attached hydrogen (secondary N) is 1. The lowest BCUT2D eigenvalue weighted by Gasteiger charge is -2.17. The van der Waals surface area contributed by atoms with Gasteiger partial charge in [0.2, 0.25) is 5.89 Å². The van der Waals surface area contributed by atoms with Gasteiger partial charge in [0.05, 0.1) is 23.5 Å². The Morgan fingerprint density at radius 2 is 1.94 bits per heavy atom. The van der Waals surface area contributed by atoms with Crippen LogP contribution in [0, 0.1) is 0 Å². The van der Waals surface area contributed by atoms with Crippen LogP contribution in [0.4, 0.5) is 18.9 Å². The monoisotopic (exact) mass is 469 g/mol. The Bertz CT molecular complexity index is 1400. The van der Waals surface area contributed by atoms with Crippen LogP contribution in [0.15, 0.2) is 76.3 Å². The molecule has 0 aliphatic rings. The topological polar surface area (TPSA) is 116 Å². The molecule has 0 fully saturated rings. The first-order valence-corrected chi connectivity index (χ1v) is 10.0. The number of nitrogen functional groups attached to an aromatic ring is 1. The molecule has 0 unspecified atom stereocenters. The number of nitrogens with two attached hydrogens (primary N) is 1. The zero-order chi connectivity index (χ0) is 24.5. The van der Waals surface area contributed by atoms with Crippen molar-refractivity contribution in [2.75, 3.05) is 5.73 Å². The Morgan fingerprint density at radius 1 is 1.15 bits per heavy atom. The Balaban J connectivity index is 1.60. The molecule has 0 bridgehead atoms. The molecule has 34 heavy (non-hydrogen) atoms. The molecule has 2 aromatic carbocycles. The average Bonchev–Trinajstić information content (AvgIpc) is 3.33. The van der Waals surface area contributed by atoms with Crippen molar-refractivity contribution in [3.05, 3.63) is 94.2 Å². The Morgan fingerprint density at radius 3 is 2.65 bits per heavy atom. The number of alkyl halides is 3. The van der Waals surface area contributed by atoms with Crippen molar-refractivity contribution < 1.29 is 22.4 Å². The Labute approximate surface area is 190 Å². The summed E-state index contributed by atoms with van der Waals surface area (Å²) < 4.78 is 45.6. The summed E-state index contributed by atoms with van der Waals surface area (Å²) in [5.74, 6) is -0.334. The number of hydrogen-bond acceptors (Lipinski definition) is 6. The Kier molecular flexibility index (Phi) is 5.93. The summed E-state index contributed by atoms with van der Waals surface area (Å²) in [4.78, 5) is 29.3. The summed E-state index contributed by atoms with van der Waals surface area (Å²) >= 11 is 0. The largest absolute Gasteiger partial charge is 0.445 e. The minimum atomic E-state index is -4.58. The number of carbonyl (C=O) groups excluding carboxylic acids is 1. The van der Waals surface area contributed by atoms with Crippen molar-refractivity contribution >= 4 is 11.6 Å². The maximum Gasteiger partial charge on any atom is 0.416 e. The molecule has 0 spiro atoms. The first-order valence-electron chi connectivity index (χ1n) is 10.0. The number of hydrogen-bond donors (Lipinski definition) is 2. The van der Waals surface area contributed by atoms with Crippen LogP contribution in [0.2, 0.25) is 0 Å². The van der Waals surface area contributed by atoms with Crippen molar-refractivity contribution in [3.63, 3.8) is 0 Å². The predicted molar refractivity (Wildman–Crippen MR) is 117 cm³/mol. The molecule has 174 valence electrons. The van der Waals surface area contributed by atoms with Crippen LogP contribution in [0.5, 0.6) is 0 Å². The fourth-order valence-electron chi connectivity index (χ4n) is 3.30. The number of oxazole rings is 1. The summed E-state index contributed by atoms with van der Waals surface area (Å²) in [6.07, 6.45) is -1.68. The number of carbonyl (C=O) groups is 1. The van der Waals surface area contributed by atoms with Gasteiger partial charge in [-0.25, -0.2) is 4.98 Å². The van der Waals surface area contributed by atoms with Gasteiger partial charge in [-0.1, -0.05) is 6.07 Å². The number of rotatable bonds is 5. The van der Waals surface area contributed by atoms with Gasteiger partial charge in [0.25, 0.3) is 11.5 Å². The van der Waals surface area contributed by atoms with E-state index in [0.717, 1.165) is 16.8 Å². The third-order valence-electron chi connectivity index (χ3n) is 4.96. The average molecular weight is 469 g/mol. The smallest absolute Gasteiger partial charge is 0.416 e. The zero-order valence-electron chi connectivity index (χ0n) is 17.7. The molecule has 4 rings (SSSR count). The molecular weight excluding hydrogens is 451 g/mol. The van der Waals surface area contributed by atoms with Crippen molar-refractivity contribution in [3.8, 4) is 17.1 Å². The van der Waals surface area contributed by atoms with Gasteiger partial charge in [-0.05, 0) is 55.0 Å². The predicted octanol–water partition coefficient (Wildman–Crippen LogP) is 3.98. The molecule has 0 saturated carbocycles. The lowest BCUT2D eigenvalue weighted by atomic mass is 10.0. The van der Waals surface area contributed by atoms with Gasteiger partial charge >= 0.3 is 6.18 Å². The minimum Gasteiger partial charge on any atom is -0.445 e. The zero-order valence-corrected chi connectivity index (χ0v) is 17.7. The quantitative estimate of drug-likeness (QED) is 0.427. The number of nitrogens with zero attached hydrogens (tertiary/aromatic N) is 3. The first kappa shape index (κ1) is 22.8.